The van der Waals surface area contributed by atoms with E-state index in [0.29, 0.717) is 0 Å². The summed E-state index contributed by atoms with van der Waals surface area (Å²) in [5.74, 6) is -0.568. The fraction of sp³-hybridized carbons (Fsp3) is 0.722. The van der Waals surface area contributed by atoms with Gasteiger partial charge in [0, 0.05) is 25.8 Å². The number of methoxy groups -OCH3 is 1. The Hall–Kier alpha value is -1.53. The van der Waals surface area contributed by atoms with Gasteiger partial charge < -0.3 is 14.2 Å². The number of fused-ring (bicyclic) bond motifs is 1. The lowest BCUT2D eigenvalue weighted by molar-refractivity contribution is -0.160. The van der Waals surface area contributed by atoms with Crippen molar-refractivity contribution in [3.05, 3.63) is 33.1 Å². The first-order chi connectivity index (χ1) is 15.0. The highest BCUT2D eigenvalue weighted by Gasteiger charge is 2.60. The van der Waals surface area contributed by atoms with Crippen molar-refractivity contribution < 1.29 is 37.1 Å². The van der Waals surface area contributed by atoms with E-state index < -0.39 is 54.5 Å². The molecule has 180 valence electrons. The number of aromatic nitrogens is 2. The maximum absolute atomic E-state index is 13.0. The number of hydrogen-bond acceptors (Lipinski definition) is 10. The Bertz CT molecular complexity index is 992. The minimum atomic E-state index is -4.04. The molecule has 32 heavy (non-hydrogen) atoms. The molecule has 14 heteroatoms. The Kier molecular flexibility index (Phi) is 7.66. The normalized spacial score (nSPS) is 33.1. The molecule has 3 rings (SSSR count). The monoisotopic (exact) mass is 496 g/mol. The zero-order valence-electron chi connectivity index (χ0n) is 18.0. The fourth-order valence-corrected chi connectivity index (χ4v) is 5.33. The number of nitrogens with zero attached hydrogens (tertiary/aromatic N) is 1. The molecule has 2 aliphatic rings. The van der Waals surface area contributed by atoms with Gasteiger partial charge in [-0.05, 0) is 20.8 Å². The molecule has 0 spiro atoms. The molecule has 2 fully saturated rings. The van der Waals surface area contributed by atoms with Crippen molar-refractivity contribution in [3.63, 3.8) is 0 Å². The number of carbonyl (C=O) groups is 1. The van der Waals surface area contributed by atoms with Crippen molar-refractivity contribution in [1.82, 2.24) is 9.55 Å². The topological polar surface area (TPSA) is 144 Å². The van der Waals surface area contributed by atoms with Crippen LogP contribution in [0.25, 0.3) is 0 Å². The fourth-order valence-electron chi connectivity index (χ4n) is 3.43. The first-order valence-corrected chi connectivity index (χ1v) is 11.8. The number of phosphoric acid groups is 1. The van der Waals surface area contributed by atoms with Gasteiger partial charge in [-0.3, -0.25) is 27.9 Å². The van der Waals surface area contributed by atoms with Crippen LogP contribution in [0.2, 0.25) is 0 Å². The molecule has 0 aromatic carbocycles. The smallest absolute Gasteiger partial charge is 0.461 e. The standard InChI is InChI=1S/C18H26ClN2O10P/c1-10(2)29-15(23)11(26-4)6-8-27-32(25)28-9-12-14(31-32)18(3,19)16(30-12)21-7-5-13(22)20-17(21)24/h5,7,10-12,14,16H,6,8-9H2,1-4H3,(H,20,22,24)/t11-,12-,14-,16-,18-,32+/m1/s1. The molecule has 1 aromatic heterocycles. The summed E-state index contributed by atoms with van der Waals surface area (Å²) >= 11 is 6.66. The third kappa shape index (κ3) is 5.33. The summed E-state index contributed by atoms with van der Waals surface area (Å²) in [5, 5.41) is 0. The molecule has 12 nitrogen and oxygen atoms in total. The Labute approximate surface area is 188 Å². The van der Waals surface area contributed by atoms with Crippen molar-refractivity contribution in [1.29, 1.82) is 0 Å². The summed E-state index contributed by atoms with van der Waals surface area (Å²) in [6, 6.07) is 1.15. The lowest BCUT2D eigenvalue weighted by atomic mass is 10.0. The van der Waals surface area contributed by atoms with Gasteiger partial charge in [0.15, 0.2) is 12.3 Å². The summed E-state index contributed by atoms with van der Waals surface area (Å²) in [6.45, 7) is 4.63. The molecule has 2 aliphatic heterocycles. The predicted molar refractivity (Wildman–Crippen MR) is 111 cm³/mol. The molecule has 0 unspecified atom stereocenters. The molecule has 0 saturated carbocycles. The van der Waals surface area contributed by atoms with Gasteiger partial charge in [0.2, 0.25) is 0 Å². The molecule has 1 aromatic rings. The highest BCUT2D eigenvalue weighted by molar-refractivity contribution is 7.48. The minimum Gasteiger partial charge on any atom is -0.461 e. The third-order valence-corrected chi connectivity index (χ3v) is 6.80. The van der Waals surface area contributed by atoms with Gasteiger partial charge in [0.1, 0.15) is 17.1 Å². The predicted octanol–water partition coefficient (Wildman–Crippen LogP) is 1.33. The zero-order chi connectivity index (χ0) is 23.7. The lowest BCUT2D eigenvalue weighted by Crippen LogP contribution is -2.45. The van der Waals surface area contributed by atoms with Gasteiger partial charge in [0.25, 0.3) is 5.56 Å². The van der Waals surface area contributed by atoms with E-state index in [1.807, 2.05) is 0 Å². The zero-order valence-corrected chi connectivity index (χ0v) is 19.7. The van der Waals surface area contributed by atoms with Crippen molar-refractivity contribution >= 4 is 25.4 Å². The Balaban J connectivity index is 1.66. The molecule has 6 atom stereocenters. The molecule has 0 bridgehead atoms. The van der Waals surface area contributed by atoms with Crippen LogP contribution in [0.4, 0.5) is 0 Å². The van der Waals surface area contributed by atoms with Crippen LogP contribution in [0.1, 0.15) is 33.4 Å². The van der Waals surface area contributed by atoms with Gasteiger partial charge in [0.05, 0.1) is 19.3 Å². The number of hydrogen-bond donors (Lipinski definition) is 1. The number of ether oxygens (including phenoxy) is 3. The number of alkyl halides is 1. The van der Waals surface area contributed by atoms with Crippen LogP contribution in [0.5, 0.6) is 0 Å². The van der Waals surface area contributed by atoms with E-state index >= 15 is 0 Å². The number of phosphoric ester groups is 1. The van der Waals surface area contributed by atoms with Crippen molar-refractivity contribution in [2.45, 2.75) is 62.7 Å². The van der Waals surface area contributed by atoms with Gasteiger partial charge in [-0.1, -0.05) is 0 Å². The number of H-pyrrole nitrogens is 1. The van der Waals surface area contributed by atoms with Crippen LogP contribution in [0, 0.1) is 0 Å². The van der Waals surface area contributed by atoms with Gasteiger partial charge in [-0.2, -0.15) is 0 Å². The number of halogens is 1. The van der Waals surface area contributed by atoms with Crippen LogP contribution < -0.4 is 11.2 Å². The molecule has 0 aliphatic carbocycles. The van der Waals surface area contributed by atoms with Crippen LogP contribution in [-0.4, -0.2) is 65.1 Å². The van der Waals surface area contributed by atoms with Crippen LogP contribution in [0.3, 0.4) is 0 Å². The third-order valence-electron chi connectivity index (χ3n) is 4.95. The van der Waals surface area contributed by atoms with Gasteiger partial charge in [-0.15, -0.1) is 11.6 Å². The summed E-state index contributed by atoms with van der Waals surface area (Å²) in [5.41, 5.74) is -1.28. The molecule has 3 heterocycles. The highest BCUT2D eigenvalue weighted by Crippen LogP contribution is 2.60. The number of aromatic amines is 1. The Morgan fingerprint density at radius 2 is 2.16 bits per heavy atom. The largest absolute Gasteiger partial charge is 0.475 e. The van der Waals surface area contributed by atoms with E-state index in [0.717, 1.165) is 10.6 Å². The molecule has 0 amide bonds. The summed E-state index contributed by atoms with van der Waals surface area (Å²) in [6.07, 6.45) is -2.63. The Morgan fingerprint density at radius 3 is 2.78 bits per heavy atom. The maximum Gasteiger partial charge on any atom is 0.475 e. The second kappa shape index (κ2) is 9.76. The van der Waals surface area contributed by atoms with E-state index in [9.17, 15) is 18.9 Å². The quantitative estimate of drug-likeness (QED) is 0.318. The summed E-state index contributed by atoms with van der Waals surface area (Å²) in [7, 11) is -2.70. The second-order valence-corrected chi connectivity index (χ2v) is 10.2. The van der Waals surface area contributed by atoms with Crippen LogP contribution >= 0.6 is 19.4 Å². The molecular weight excluding hydrogens is 471 g/mol. The van der Waals surface area contributed by atoms with E-state index in [2.05, 4.69) is 4.98 Å². The molecule has 0 radical (unpaired) electrons. The summed E-state index contributed by atoms with van der Waals surface area (Å²) < 4.78 is 46.3. The molecule has 1 N–H and O–H groups in total. The van der Waals surface area contributed by atoms with Crippen molar-refractivity contribution in [2.75, 3.05) is 20.3 Å². The average Bonchev–Trinajstić information content (AvgIpc) is 2.95. The van der Waals surface area contributed by atoms with Gasteiger partial charge >= 0.3 is 19.5 Å². The number of nitrogens with one attached hydrogen (secondary N) is 1. The average molecular weight is 497 g/mol. The summed E-state index contributed by atoms with van der Waals surface area (Å²) in [4.78, 5) is 36.3. The highest BCUT2D eigenvalue weighted by atomic mass is 35.5. The van der Waals surface area contributed by atoms with Crippen molar-refractivity contribution in [2.24, 2.45) is 0 Å². The lowest BCUT2D eigenvalue weighted by Gasteiger charge is -2.34. The van der Waals surface area contributed by atoms with Crippen LogP contribution in [0.15, 0.2) is 21.9 Å². The van der Waals surface area contributed by atoms with E-state index in [4.69, 9.17) is 39.4 Å². The first kappa shape index (κ1) is 25.1. The number of esters is 1. The SMILES string of the molecule is CO[C@H](CCO[P@@]1(=O)OC[C@H]2O[C@@H](n3ccc(=O)[nH]c3=O)[C@](C)(Cl)[C@@H]2O1)C(=O)OC(C)C. The molecule has 2 saturated heterocycles. The maximum atomic E-state index is 13.0. The molecular formula is C18H26ClN2O10P. The number of carbonyl (C=O) groups excluding carboxylic acids is 1. The second-order valence-electron chi connectivity index (χ2n) is 7.80. The van der Waals surface area contributed by atoms with E-state index in [1.54, 1.807) is 20.8 Å². The van der Waals surface area contributed by atoms with Crippen LogP contribution in [-0.2, 0) is 37.1 Å². The first-order valence-electron chi connectivity index (χ1n) is 9.93. The minimum absolute atomic E-state index is 0.0525. The number of rotatable bonds is 8. The van der Waals surface area contributed by atoms with Gasteiger partial charge in [-0.25, -0.2) is 14.2 Å². The van der Waals surface area contributed by atoms with E-state index in [-0.39, 0.29) is 25.7 Å². The van der Waals surface area contributed by atoms with Crippen molar-refractivity contribution in [3.8, 4) is 0 Å². The Morgan fingerprint density at radius 1 is 1.44 bits per heavy atom. The van der Waals surface area contributed by atoms with E-state index in [1.165, 1.54) is 13.3 Å².